The van der Waals surface area contributed by atoms with Crippen LogP contribution < -0.4 is 0 Å². The van der Waals surface area contributed by atoms with Crippen molar-refractivity contribution in [2.24, 2.45) is 5.92 Å². The largest absolute Gasteiger partial charge is 0.331 e. The van der Waals surface area contributed by atoms with E-state index in [-0.39, 0.29) is 29.8 Å². The molecule has 0 atom stereocenters. The quantitative estimate of drug-likeness (QED) is 0.616. The predicted octanol–water partition coefficient (Wildman–Crippen LogP) is 1.57. The van der Waals surface area contributed by atoms with E-state index in [0.29, 0.717) is 18.5 Å². The van der Waals surface area contributed by atoms with Crippen molar-refractivity contribution in [3.8, 4) is 0 Å². The lowest BCUT2D eigenvalue weighted by Gasteiger charge is -2.27. The van der Waals surface area contributed by atoms with Crippen LogP contribution in [0.2, 0.25) is 0 Å². The molecule has 0 saturated heterocycles. The number of benzene rings is 1. The van der Waals surface area contributed by atoms with Gasteiger partial charge in [0.25, 0.3) is 11.6 Å². The fourth-order valence-corrected chi connectivity index (χ4v) is 2.50. The van der Waals surface area contributed by atoms with Gasteiger partial charge in [-0.25, -0.2) is 0 Å². The minimum Gasteiger partial charge on any atom is -0.331 e. The fraction of sp³-hybridized carbons (Fsp3) is 0.429. The fourth-order valence-electron chi connectivity index (χ4n) is 2.50. The zero-order valence-electron chi connectivity index (χ0n) is 10.9. The number of Topliss-reactive ketones (excluding diaryl/α,β-unsaturated/α-hetero) is 1. The molecule has 1 aromatic rings. The maximum atomic E-state index is 12.3. The van der Waals surface area contributed by atoms with Gasteiger partial charge in [-0.1, -0.05) is 6.07 Å². The van der Waals surface area contributed by atoms with Gasteiger partial charge in [0.15, 0.2) is 5.78 Å². The number of nitro groups is 1. The van der Waals surface area contributed by atoms with Gasteiger partial charge in [-0.05, 0) is 24.8 Å². The molecule has 0 aromatic heterocycles. The Bertz CT molecular complexity index is 607. The standard InChI is InChI=1S/C14H14N2O4/c17-13(10-1-2-10)8-15-6-5-9-3-4-11(16(19)20)7-12(9)14(15)18/h3-4,7,10H,1-2,5-6,8H2. The van der Waals surface area contributed by atoms with Crippen molar-refractivity contribution in [1.82, 2.24) is 4.90 Å². The summed E-state index contributed by atoms with van der Waals surface area (Å²) >= 11 is 0. The van der Waals surface area contributed by atoms with Gasteiger partial charge in [0.2, 0.25) is 0 Å². The molecule has 3 rings (SSSR count). The summed E-state index contributed by atoms with van der Waals surface area (Å²) in [7, 11) is 0. The molecule has 1 amide bonds. The van der Waals surface area contributed by atoms with E-state index in [2.05, 4.69) is 0 Å². The molecule has 0 radical (unpaired) electrons. The van der Waals surface area contributed by atoms with Gasteiger partial charge in [-0.15, -0.1) is 0 Å². The number of carbonyl (C=O) groups is 2. The number of hydrogen-bond acceptors (Lipinski definition) is 4. The Kier molecular flexibility index (Phi) is 3.00. The Labute approximate surface area is 115 Å². The number of rotatable bonds is 4. The second-order valence-corrected chi connectivity index (χ2v) is 5.32. The van der Waals surface area contributed by atoms with E-state index < -0.39 is 4.92 Å². The van der Waals surface area contributed by atoms with Crippen LogP contribution in [0.4, 0.5) is 5.69 Å². The van der Waals surface area contributed by atoms with E-state index >= 15 is 0 Å². The van der Waals surface area contributed by atoms with E-state index in [1.165, 1.54) is 17.0 Å². The zero-order chi connectivity index (χ0) is 14.3. The zero-order valence-corrected chi connectivity index (χ0v) is 10.9. The summed E-state index contributed by atoms with van der Waals surface area (Å²) in [6, 6.07) is 4.36. The third-order valence-corrected chi connectivity index (χ3v) is 3.85. The number of hydrogen-bond donors (Lipinski definition) is 0. The average molecular weight is 274 g/mol. The van der Waals surface area contributed by atoms with Crippen molar-refractivity contribution in [2.45, 2.75) is 19.3 Å². The van der Waals surface area contributed by atoms with Crippen molar-refractivity contribution in [2.75, 3.05) is 13.1 Å². The molecule has 1 heterocycles. The van der Waals surface area contributed by atoms with Gasteiger partial charge >= 0.3 is 0 Å². The average Bonchev–Trinajstić information content (AvgIpc) is 3.26. The van der Waals surface area contributed by atoms with E-state index in [0.717, 1.165) is 18.4 Å². The maximum Gasteiger partial charge on any atom is 0.270 e. The Morgan fingerprint density at radius 1 is 1.40 bits per heavy atom. The smallest absolute Gasteiger partial charge is 0.270 e. The van der Waals surface area contributed by atoms with Crippen molar-refractivity contribution < 1.29 is 14.5 Å². The third-order valence-electron chi connectivity index (χ3n) is 3.85. The minimum atomic E-state index is -0.512. The lowest BCUT2D eigenvalue weighted by molar-refractivity contribution is -0.384. The first-order chi connectivity index (χ1) is 9.56. The van der Waals surface area contributed by atoms with Gasteiger partial charge in [-0.2, -0.15) is 0 Å². The van der Waals surface area contributed by atoms with Crippen LogP contribution in [0.15, 0.2) is 18.2 Å². The number of ketones is 1. The van der Waals surface area contributed by atoms with Gasteiger partial charge in [0.1, 0.15) is 0 Å². The van der Waals surface area contributed by atoms with Crippen LogP contribution in [-0.4, -0.2) is 34.6 Å². The second-order valence-electron chi connectivity index (χ2n) is 5.32. The molecule has 0 unspecified atom stereocenters. The van der Waals surface area contributed by atoms with Gasteiger partial charge in [0.05, 0.1) is 11.5 Å². The van der Waals surface area contributed by atoms with Crippen molar-refractivity contribution in [1.29, 1.82) is 0 Å². The summed E-state index contributed by atoms with van der Waals surface area (Å²) in [6.45, 7) is 0.633. The molecule has 0 N–H and O–H groups in total. The van der Waals surface area contributed by atoms with Crippen molar-refractivity contribution >= 4 is 17.4 Å². The Hall–Kier alpha value is -2.24. The summed E-state index contributed by atoms with van der Waals surface area (Å²) in [6.07, 6.45) is 2.48. The molecule has 1 fully saturated rings. The number of nitrogens with zero attached hydrogens (tertiary/aromatic N) is 2. The van der Waals surface area contributed by atoms with E-state index in [4.69, 9.17) is 0 Å². The first kappa shape index (κ1) is 12.8. The molecule has 1 aliphatic heterocycles. The molecule has 1 aliphatic carbocycles. The number of non-ortho nitro benzene ring substituents is 1. The highest BCUT2D eigenvalue weighted by Gasteiger charge is 2.33. The normalized spacial score (nSPS) is 17.8. The Morgan fingerprint density at radius 2 is 2.15 bits per heavy atom. The molecule has 20 heavy (non-hydrogen) atoms. The summed E-state index contributed by atoms with van der Waals surface area (Å²) in [5.74, 6) is -0.0505. The van der Waals surface area contributed by atoms with Gasteiger partial charge in [-0.3, -0.25) is 19.7 Å². The van der Waals surface area contributed by atoms with Crippen LogP contribution in [0, 0.1) is 16.0 Å². The second kappa shape index (κ2) is 4.70. The lowest BCUT2D eigenvalue weighted by atomic mass is 9.98. The highest BCUT2D eigenvalue weighted by atomic mass is 16.6. The third kappa shape index (κ3) is 2.29. The highest BCUT2D eigenvalue weighted by molar-refractivity contribution is 6.00. The molecule has 1 aromatic carbocycles. The molecule has 0 bridgehead atoms. The molecular formula is C14H14N2O4. The van der Waals surface area contributed by atoms with Crippen LogP contribution in [0.5, 0.6) is 0 Å². The van der Waals surface area contributed by atoms with Crippen LogP contribution in [0.3, 0.4) is 0 Å². The van der Waals surface area contributed by atoms with Crippen LogP contribution in [0.1, 0.15) is 28.8 Å². The first-order valence-electron chi connectivity index (χ1n) is 6.65. The number of nitro benzene ring substituents is 1. The minimum absolute atomic E-state index is 0.0903. The number of carbonyl (C=O) groups excluding carboxylic acids is 2. The number of fused-ring (bicyclic) bond motifs is 1. The summed E-state index contributed by atoms with van der Waals surface area (Å²) in [5, 5.41) is 10.8. The molecule has 6 heteroatoms. The van der Waals surface area contributed by atoms with Gasteiger partial charge < -0.3 is 4.90 Å². The van der Waals surface area contributed by atoms with E-state index in [1.807, 2.05) is 0 Å². The summed E-state index contributed by atoms with van der Waals surface area (Å²) < 4.78 is 0. The molecular weight excluding hydrogens is 260 g/mol. The van der Waals surface area contributed by atoms with Crippen LogP contribution in [-0.2, 0) is 11.2 Å². The maximum absolute atomic E-state index is 12.3. The monoisotopic (exact) mass is 274 g/mol. The lowest BCUT2D eigenvalue weighted by Crippen LogP contribution is -2.41. The Balaban J connectivity index is 1.83. The highest BCUT2D eigenvalue weighted by Crippen LogP contribution is 2.31. The first-order valence-corrected chi connectivity index (χ1v) is 6.65. The summed E-state index contributed by atoms with van der Waals surface area (Å²) in [5.41, 5.74) is 1.08. The topological polar surface area (TPSA) is 80.5 Å². The van der Waals surface area contributed by atoms with E-state index in [1.54, 1.807) is 6.07 Å². The number of amides is 1. The molecule has 6 nitrogen and oxygen atoms in total. The molecule has 1 saturated carbocycles. The molecule has 2 aliphatic rings. The van der Waals surface area contributed by atoms with Crippen LogP contribution >= 0.6 is 0 Å². The summed E-state index contributed by atoms with van der Waals surface area (Å²) in [4.78, 5) is 35.9. The van der Waals surface area contributed by atoms with E-state index in [9.17, 15) is 19.7 Å². The molecule has 0 spiro atoms. The van der Waals surface area contributed by atoms with Crippen LogP contribution in [0.25, 0.3) is 0 Å². The SMILES string of the molecule is O=C(CN1CCc2ccc([N+](=O)[O-])cc2C1=O)C1CC1. The van der Waals surface area contributed by atoms with Crippen molar-refractivity contribution in [3.05, 3.63) is 39.4 Å². The Morgan fingerprint density at radius 3 is 2.80 bits per heavy atom. The van der Waals surface area contributed by atoms with Crippen molar-refractivity contribution in [3.63, 3.8) is 0 Å². The van der Waals surface area contributed by atoms with Gasteiger partial charge in [0, 0.05) is 30.2 Å². The predicted molar refractivity (Wildman–Crippen MR) is 70.4 cm³/mol. The molecule has 104 valence electrons.